The highest BCUT2D eigenvalue weighted by atomic mass is 16.2. The molecule has 0 radical (unpaired) electrons. The zero-order valence-corrected chi connectivity index (χ0v) is 21.6. The summed E-state index contributed by atoms with van der Waals surface area (Å²) >= 11 is 0. The summed E-state index contributed by atoms with van der Waals surface area (Å²) in [5, 5.41) is 4.98. The number of nitrogens with two attached hydrogens (primary N) is 1. The van der Waals surface area contributed by atoms with Gasteiger partial charge in [-0.25, -0.2) is 4.98 Å². The molecule has 0 aliphatic carbocycles. The molecule has 0 saturated carbocycles. The molecule has 3 aromatic heterocycles. The van der Waals surface area contributed by atoms with Gasteiger partial charge in [-0.05, 0) is 65.8 Å². The number of nitrogen functional groups attached to an aromatic ring is 1. The average Bonchev–Trinajstić information content (AvgIpc) is 3.24. The van der Waals surface area contributed by atoms with Gasteiger partial charge in [-0.2, -0.15) is 0 Å². The normalized spacial score (nSPS) is 11.1. The Bertz CT molecular complexity index is 1660. The Labute approximate surface area is 221 Å². The number of carbonyl (C=O) groups excluding carboxylic acids is 1. The van der Waals surface area contributed by atoms with Crippen molar-refractivity contribution in [1.82, 2.24) is 19.4 Å². The van der Waals surface area contributed by atoms with Crippen LogP contribution in [0.3, 0.4) is 0 Å². The third kappa shape index (κ3) is 5.22. The van der Waals surface area contributed by atoms with Gasteiger partial charge in [0.25, 0.3) is 11.5 Å². The molecule has 192 valence electrons. The van der Waals surface area contributed by atoms with E-state index in [0.29, 0.717) is 31.1 Å². The Balaban J connectivity index is 1.29. The van der Waals surface area contributed by atoms with Crippen molar-refractivity contribution >= 4 is 22.5 Å². The second kappa shape index (κ2) is 10.8. The maximum absolute atomic E-state index is 13.2. The van der Waals surface area contributed by atoms with E-state index in [1.807, 2.05) is 36.4 Å². The van der Waals surface area contributed by atoms with Gasteiger partial charge < -0.3 is 20.2 Å². The van der Waals surface area contributed by atoms with E-state index in [1.54, 1.807) is 29.1 Å². The summed E-state index contributed by atoms with van der Waals surface area (Å²) in [6, 6.07) is 23.3. The summed E-state index contributed by atoms with van der Waals surface area (Å²) in [6.45, 7) is 5.77. The van der Waals surface area contributed by atoms with Crippen molar-refractivity contribution in [1.29, 1.82) is 0 Å². The average molecular weight is 506 g/mol. The lowest BCUT2D eigenvalue weighted by atomic mass is 10.1. The van der Waals surface area contributed by atoms with Gasteiger partial charge in [0, 0.05) is 49.1 Å². The van der Waals surface area contributed by atoms with Crippen LogP contribution in [-0.4, -0.2) is 20.0 Å². The molecule has 5 aromatic rings. The number of pyridine rings is 2. The summed E-state index contributed by atoms with van der Waals surface area (Å²) in [5.74, 6) is 0.405. The summed E-state index contributed by atoms with van der Waals surface area (Å²) in [6.07, 6.45) is 4.21. The van der Waals surface area contributed by atoms with Crippen LogP contribution in [0.5, 0.6) is 0 Å². The van der Waals surface area contributed by atoms with E-state index in [4.69, 9.17) is 5.73 Å². The van der Waals surface area contributed by atoms with Crippen molar-refractivity contribution in [2.24, 2.45) is 0 Å². The van der Waals surface area contributed by atoms with Gasteiger partial charge >= 0.3 is 0 Å². The molecule has 7 nitrogen and oxygen atoms in total. The van der Waals surface area contributed by atoms with E-state index in [9.17, 15) is 9.59 Å². The molecule has 0 bridgehead atoms. The van der Waals surface area contributed by atoms with E-state index in [1.165, 1.54) is 0 Å². The number of hydrogen-bond donors (Lipinski definition) is 2. The number of anilines is 1. The van der Waals surface area contributed by atoms with Crippen LogP contribution < -0.4 is 16.6 Å². The zero-order chi connectivity index (χ0) is 26.6. The molecule has 0 unspecified atom stereocenters. The molecule has 3 N–H and O–H groups in total. The molecular weight excluding hydrogens is 474 g/mol. The predicted octanol–water partition coefficient (Wildman–Crippen LogP) is 4.68. The van der Waals surface area contributed by atoms with E-state index in [0.717, 1.165) is 45.1 Å². The first-order valence-corrected chi connectivity index (χ1v) is 12.8. The lowest BCUT2D eigenvalue weighted by Crippen LogP contribution is -2.25. The number of benzene rings is 2. The van der Waals surface area contributed by atoms with Crippen LogP contribution in [0.1, 0.15) is 45.4 Å². The van der Waals surface area contributed by atoms with Crippen molar-refractivity contribution in [3.05, 3.63) is 129 Å². The summed E-state index contributed by atoms with van der Waals surface area (Å²) < 4.78 is 3.78. The number of aryl methyl sites for hydroxylation is 1. The van der Waals surface area contributed by atoms with Gasteiger partial charge in [0.15, 0.2) is 0 Å². The standard InChI is InChI=1S/C31H31N5O2/c1-3-36-27(18-22-7-9-23(10-8-22)20-35-15-5-4-6-29(35)37)21(2)16-28(36)31(38)34-19-24-11-12-26-25(17-24)13-14-33-30(26)32/h4-17H,3,18-20H2,1-2H3,(H2,32,33)(H,34,38). The molecule has 0 saturated heterocycles. The van der Waals surface area contributed by atoms with Gasteiger partial charge in [0.1, 0.15) is 11.5 Å². The Hall–Kier alpha value is -4.65. The van der Waals surface area contributed by atoms with Gasteiger partial charge in [-0.15, -0.1) is 0 Å². The SMILES string of the molecule is CCn1c(C(=O)NCc2ccc3c(N)nccc3c2)cc(C)c1Cc1ccc(Cn2ccccc2=O)cc1. The molecule has 0 aliphatic rings. The fraction of sp³-hybridized carbons (Fsp3) is 0.194. The Morgan fingerprint density at radius 3 is 2.50 bits per heavy atom. The number of aromatic nitrogens is 3. The van der Waals surface area contributed by atoms with Crippen molar-refractivity contribution in [2.75, 3.05) is 5.73 Å². The summed E-state index contributed by atoms with van der Waals surface area (Å²) in [7, 11) is 0. The summed E-state index contributed by atoms with van der Waals surface area (Å²) in [5.41, 5.74) is 12.0. The summed E-state index contributed by atoms with van der Waals surface area (Å²) in [4.78, 5) is 29.3. The van der Waals surface area contributed by atoms with Crippen LogP contribution in [0.2, 0.25) is 0 Å². The van der Waals surface area contributed by atoms with Crippen LogP contribution in [0, 0.1) is 6.92 Å². The molecule has 5 rings (SSSR count). The zero-order valence-electron chi connectivity index (χ0n) is 21.6. The minimum atomic E-state index is -0.0980. The molecule has 7 heteroatoms. The van der Waals surface area contributed by atoms with E-state index >= 15 is 0 Å². The lowest BCUT2D eigenvalue weighted by molar-refractivity contribution is 0.0941. The quantitative estimate of drug-likeness (QED) is 0.320. The first-order valence-electron chi connectivity index (χ1n) is 12.8. The highest BCUT2D eigenvalue weighted by Crippen LogP contribution is 2.22. The molecule has 0 spiro atoms. The molecule has 1 amide bonds. The molecular formula is C31H31N5O2. The van der Waals surface area contributed by atoms with Gasteiger partial charge in [-0.1, -0.05) is 42.5 Å². The maximum Gasteiger partial charge on any atom is 0.268 e. The number of nitrogens with zero attached hydrogens (tertiary/aromatic N) is 3. The van der Waals surface area contributed by atoms with Crippen LogP contribution >= 0.6 is 0 Å². The first kappa shape index (κ1) is 25.0. The highest BCUT2D eigenvalue weighted by Gasteiger charge is 2.17. The van der Waals surface area contributed by atoms with Crippen LogP contribution in [0.25, 0.3) is 10.8 Å². The largest absolute Gasteiger partial charge is 0.383 e. The third-order valence-electron chi connectivity index (χ3n) is 6.93. The smallest absolute Gasteiger partial charge is 0.268 e. The number of fused-ring (bicyclic) bond motifs is 1. The van der Waals surface area contributed by atoms with E-state index in [-0.39, 0.29) is 11.5 Å². The third-order valence-corrected chi connectivity index (χ3v) is 6.93. The van der Waals surface area contributed by atoms with Gasteiger partial charge in [0.05, 0.1) is 6.54 Å². The van der Waals surface area contributed by atoms with Crippen molar-refractivity contribution < 1.29 is 4.79 Å². The maximum atomic E-state index is 13.2. The van der Waals surface area contributed by atoms with Gasteiger partial charge in [-0.3, -0.25) is 9.59 Å². The van der Waals surface area contributed by atoms with Crippen LogP contribution in [0.4, 0.5) is 5.82 Å². The lowest BCUT2D eigenvalue weighted by Gasteiger charge is -2.13. The second-order valence-electron chi connectivity index (χ2n) is 9.50. The Kier molecular flexibility index (Phi) is 7.09. The Morgan fingerprint density at radius 1 is 0.974 bits per heavy atom. The number of amides is 1. The number of nitrogens with one attached hydrogen (secondary N) is 1. The Morgan fingerprint density at radius 2 is 1.74 bits per heavy atom. The van der Waals surface area contributed by atoms with Crippen LogP contribution in [0.15, 0.2) is 90.0 Å². The van der Waals surface area contributed by atoms with Crippen LogP contribution in [-0.2, 0) is 26.1 Å². The topological polar surface area (TPSA) is 94.9 Å². The second-order valence-corrected chi connectivity index (χ2v) is 9.50. The molecule has 0 fully saturated rings. The minimum absolute atomic E-state index is 0.0126. The fourth-order valence-electron chi connectivity index (χ4n) is 4.89. The van der Waals surface area contributed by atoms with Crippen molar-refractivity contribution in [2.45, 2.75) is 39.9 Å². The molecule has 38 heavy (non-hydrogen) atoms. The number of carbonyl (C=O) groups is 1. The predicted molar refractivity (Wildman–Crippen MR) is 151 cm³/mol. The monoisotopic (exact) mass is 505 g/mol. The first-order chi connectivity index (χ1) is 18.4. The van der Waals surface area contributed by atoms with Gasteiger partial charge in [0.2, 0.25) is 0 Å². The number of hydrogen-bond acceptors (Lipinski definition) is 4. The number of rotatable bonds is 8. The van der Waals surface area contributed by atoms with Crippen molar-refractivity contribution in [3.8, 4) is 0 Å². The highest BCUT2D eigenvalue weighted by molar-refractivity contribution is 5.94. The molecule has 0 aliphatic heterocycles. The minimum Gasteiger partial charge on any atom is -0.383 e. The molecule has 3 heterocycles. The van der Waals surface area contributed by atoms with E-state index < -0.39 is 0 Å². The van der Waals surface area contributed by atoms with E-state index in [2.05, 4.69) is 53.0 Å². The molecule has 0 atom stereocenters. The fourth-order valence-corrected chi connectivity index (χ4v) is 4.89. The van der Waals surface area contributed by atoms with Crippen molar-refractivity contribution in [3.63, 3.8) is 0 Å². The molecule has 2 aromatic carbocycles.